The van der Waals surface area contributed by atoms with Crippen LogP contribution in [0.15, 0.2) is 16.5 Å². The van der Waals surface area contributed by atoms with Gasteiger partial charge in [-0.05, 0) is 19.2 Å². The zero-order valence-corrected chi connectivity index (χ0v) is 9.90. The van der Waals surface area contributed by atoms with Crippen molar-refractivity contribution in [1.29, 1.82) is 0 Å². The van der Waals surface area contributed by atoms with Crippen molar-refractivity contribution in [3.8, 4) is 0 Å². The van der Waals surface area contributed by atoms with E-state index in [-0.39, 0.29) is 11.7 Å². The quantitative estimate of drug-likeness (QED) is 0.758. The summed E-state index contributed by atoms with van der Waals surface area (Å²) in [6.07, 6.45) is 0.402. The molecule has 6 heteroatoms. The van der Waals surface area contributed by atoms with Crippen LogP contribution in [0.3, 0.4) is 0 Å². The number of amides is 1. The Morgan fingerprint density at radius 3 is 2.71 bits per heavy atom. The Hall–Kier alpha value is -1.82. The zero-order valence-electron chi connectivity index (χ0n) is 9.90. The number of carboxylic acid groups (broad SMARTS) is 1. The normalized spacial score (nSPS) is 10.5. The van der Waals surface area contributed by atoms with Crippen LogP contribution in [0.4, 0.5) is 0 Å². The molecule has 94 valence electrons. The number of hydrogen-bond acceptors (Lipinski definition) is 4. The standard InChI is InChI=1S/C11H16N2O4/c1-12-10(14)5-6-13(2)7-8-3-4-9(17-8)11(15)16/h3-4H,5-7H2,1-2H3,(H,12,14)(H,15,16). The lowest BCUT2D eigenvalue weighted by molar-refractivity contribution is -0.120. The van der Waals surface area contributed by atoms with E-state index >= 15 is 0 Å². The molecule has 0 unspecified atom stereocenters. The first-order valence-electron chi connectivity index (χ1n) is 5.24. The maximum atomic E-state index is 11.0. The molecule has 0 spiro atoms. The highest BCUT2D eigenvalue weighted by Gasteiger charge is 2.10. The molecule has 0 fully saturated rings. The van der Waals surface area contributed by atoms with Crippen molar-refractivity contribution >= 4 is 11.9 Å². The number of rotatable bonds is 6. The van der Waals surface area contributed by atoms with Gasteiger partial charge in [0.15, 0.2) is 0 Å². The van der Waals surface area contributed by atoms with Gasteiger partial charge in [0.2, 0.25) is 11.7 Å². The number of furan rings is 1. The maximum Gasteiger partial charge on any atom is 0.371 e. The van der Waals surface area contributed by atoms with E-state index in [1.54, 1.807) is 13.1 Å². The fraction of sp³-hybridized carbons (Fsp3) is 0.455. The van der Waals surface area contributed by atoms with Crippen LogP contribution in [-0.4, -0.2) is 42.5 Å². The average Bonchev–Trinajstić information content (AvgIpc) is 2.74. The molecule has 0 saturated heterocycles. The van der Waals surface area contributed by atoms with Gasteiger partial charge in [0.25, 0.3) is 0 Å². The minimum atomic E-state index is -1.08. The lowest BCUT2D eigenvalue weighted by atomic mass is 10.3. The van der Waals surface area contributed by atoms with Crippen molar-refractivity contribution in [2.75, 3.05) is 20.6 Å². The van der Waals surface area contributed by atoms with Gasteiger partial charge >= 0.3 is 5.97 Å². The molecule has 1 aromatic rings. The van der Waals surface area contributed by atoms with Gasteiger partial charge < -0.3 is 14.8 Å². The first-order chi connectivity index (χ1) is 8.02. The lowest BCUT2D eigenvalue weighted by Gasteiger charge is -2.13. The Bertz CT molecular complexity index is 400. The van der Waals surface area contributed by atoms with Gasteiger partial charge in [-0.3, -0.25) is 9.69 Å². The molecule has 0 bridgehead atoms. The number of carboxylic acids is 1. The smallest absolute Gasteiger partial charge is 0.371 e. The third-order valence-corrected chi connectivity index (χ3v) is 2.30. The van der Waals surface area contributed by atoms with Crippen LogP contribution in [0.5, 0.6) is 0 Å². The van der Waals surface area contributed by atoms with Crippen molar-refractivity contribution in [3.63, 3.8) is 0 Å². The molecule has 6 nitrogen and oxygen atoms in total. The van der Waals surface area contributed by atoms with Gasteiger partial charge in [-0.15, -0.1) is 0 Å². The Morgan fingerprint density at radius 1 is 1.47 bits per heavy atom. The van der Waals surface area contributed by atoms with E-state index in [0.29, 0.717) is 25.3 Å². The van der Waals surface area contributed by atoms with Gasteiger partial charge in [0, 0.05) is 20.0 Å². The lowest BCUT2D eigenvalue weighted by Crippen LogP contribution is -2.26. The van der Waals surface area contributed by atoms with E-state index in [4.69, 9.17) is 9.52 Å². The first-order valence-corrected chi connectivity index (χ1v) is 5.24. The molecule has 0 radical (unpaired) electrons. The molecular formula is C11H16N2O4. The van der Waals surface area contributed by atoms with Gasteiger partial charge in [0.1, 0.15) is 5.76 Å². The van der Waals surface area contributed by atoms with Crippen molar-refractivity contribution in [1.82, 2.24) is 10.2 Å². The molecule has 0 aliphatic heterocycles. The highest BCUT2D eigenvalue weighted by atomic mass is 16.4. The Morgan fingerprint density at radius 2 is 2.18 bits per heavy atom. The Balaban J connectivity index is 2.42. The Labute approximate surface area is 99.2 Å². The van der Waals surface area contributed by atoms with Crippen LogP contribution >= 0.6 is 0 Å². The second kappa shape index (κ2) is 6.05. The summed E-state index contributed by atoms with van der Waals surface area (Å²) in [5.41, 5.74) is 0. The summed E-state index contributed by atoms with van der Waals surface area (Å²) in [7, 11) is 3.43. The van der Waals surface area contributed by atoms with Gasteiger partial charge in [-0.25, -0.2) is 4.79 Å². The molecule has 1 heterocycles. The van der Waals surface area contributed by atoms with Crippen LogP contribution in [0.2, 0.25) is 0 Å². The van der Waals surface area contributed by atoms with E-state index in [9.17, 15) is 9.59 Å². The van der Waals surface area contributed by atoms with E-state index in [2.05, 4.69) is 5.32 Å². The van der Waals surface area contributed by atoms with E-state index in [0.717, 1.165) is 0 Å². The van der Waals surface area contributed by atoms with Crippen LogP contribution in [0, 0.1) is 0 Å². The number of nitrogens with one attached hydrogen (secondary N) is 1. The molecule has 0 saturated carbocycles. The van der Waals surface area contributed by atoms with E-state index in [1.165, 1.54) is 6.07 Å². The monoisotopic (exact) mass is 240 g/mol. The van der Waals surface area contributed by atoms with Crippen molar-refractivity contribution in [2.24, 2.45) is 0 Å². The summed E-state index contributed by atoms with van der Waals surface area (Å²) < 4.78 is 5.11. The third-order valence-electron chi connectivity index (χ3n) is 2.30. The molecule has 0 atom stereocenters. The van der Waals surface area contributed by atoms with Crippen LogP contribution in [-0.2, 0) is 11.3 Å². The number of carbonyl (C=O) groups is 2. The molecule has 0 aliphatic rings. The van der Waals surface area contributed by atoms with E-state index < -0.39 is 5.97 Å². The molecular weight excluding hydrogens is 224 g/mol. The van der Waals surface area contributed by atoms with Crippen LogP contribution in [0.1, 0.15) is 22.7 Å². The number of aromatic carboxylic acids is 1. The molecule has 1 aromatic heterocycles. The minimum absolute atomic E-state index is 0.0254. The summed E-state index contributed by atoms with van der Waals surface area (Å²) in [5.74, 6) is -0.603. The zero-order chi connectivity index (χ0) is 12.8. The predicted octanol–water partition coefficient (Wildman–Crippen LogP) is 0.546. The van der Waals surface area contributed by atoms with Crippen molar-refractivity contribution in [3.05, 3.63) is 23.7 Å². The van der Waals surface area contributed by atoms with Gasteiger partial charge in [0.05, 0.1) is 6.54 Å². The van der Waals surface area contributed by atoms with Gasteiger partial charge in [-0.2, -0.15) is 0 Å². The topological polar surface area (TPSA) is 82.8 Å². The molecule has 1 amide bonds. The largest absolute Gasteiger partial charge is 0.475 e. The third kappa shape index (κ3) is 4.28. The first kappa shape index (κ1) is 13.2. The van der Waals surface area contributed by atoms with Crippen LogP contribution < -0.4 is 5.32 Å². The molecule has 2 N–H and O–H groups in total. The van der Waals surface area contributed by atoms with E-state index in [1.807, 2.05) is 11.9 Å². The van der Waals surface area contributed by atoms with Crippen molar-refractivity contribution in [2.45, 2.75) is 13.0 Å². The minimum Gasteiger partial charge on any atom is -0.475 e. The second-order valence-corrected chi connectivity index (χ2v) is 3.73. The molecule has 17 heavy (non-hydrogen) atoms. The number of hydrogen-bond donors (Lipinski definition) is 2. The predicted molar refractivity (Wildman–Crippen MR) is 60.7 cm³/mol. The highest BCUT2D eigenvalue weighted by molar-refractivity contribution is 5.84. The van der Waals surface area contributed by atoms with Gasteiger partial charge in [-0.1, -0.05) is 0 Å². The number of nitrogens with zero attached hydrogens (tertiary/aromatic N) is 1. The summed E-state index contributed by atoms with van der Waals surface area (Å²) in [5, 5.41) is 11.2. The highest BCUT2D eigenvalue weighted by Crippen LogP contribution is 2.09. The molecule has 0 aromatic carbocycles. The summed E-state index contributed by atoms with van der Waals surface area (Å²) in [6, 6.07) is 3.05. The fourth-order valence-corrected chi connectivity index (χ4v) is 1.34. The van der Waals surface area contributed by atoms with Crippen molar-refractivity contribution < 1.29 is 19.1 Å². The molecule has 0 aliphatic carbocycles. The maximum absolute atomic E-state index is 11.0. The molecule has 1 rings (SSSR count). The van der Waals surface area contributed by atoms with Crippen LogP contribution in [0.25, 0.3) is 0 Å². The average molecular weight is 240 g/mol. The SMILES string of the molecule is CNC(=O)CCN(C)Cc1ccc(C(=O)O)o1. The fourth-order valence-electron chi connectivity index (χ4n) is 1.34. The second-order valence-electron chi connectivity index (χ2n) is 3.73. The summed E-state index contributed by atoms with van der Waals surface area (Å²) >= 11 is 0. The summed E-state index contributed by atoms with van der Waals surface area (Å²) in [4.78, 5) is 23.5. The summed E-state index contributed by atoms with van der Waals surface area (Å²) in [6.45, 7) is 1.06. The number of carbonyl (C=O) groups excluding carboxylic acids is 1. The Kier molecular flexibility index (Phi) is 4.71.